The molecule has 0 spiro atoms. The third kappa shape index (κ3) is 7.98. The summed E-state index contributed by atoms with van der Waals surface area (Å²) in [5.74, 6) is 0.611. The van der Waals surface area contributed by atoms with Gasteiger partial charge in [-0.15, -0.1) is 0 Å². The predicted molar refractivity (Wildman–Crippen MR) is 183 cm³/mol. The summed E-state index contributed by atoms with van der Waals surface area (Å²) in [4.78, 5) is 7.08. The number of pyridine rings is 1. The number of hydrogen-bond acceptors (Lipinski definition) is 8. The van der Waals surface area contributed by atoms with Crippen LogP contribution in [0.5, 0.6) is 5.75 Å². The minimum Gasteiger partial charge on any atom is -0.489 e. The molecule has 0 bridgehead atoms. The summed E-state index contributed by atoms with van der Waals surface area (Å²) in [6, 6.07) is 22.8. The number of rotatable bonds is 12. The van der Waals surface area contributed by atoms with E-state index in [0.717, 1.165) is 39.1 Å². The molecule has 0 aliphatic heterocycles. The lowest BCUT2D eigenvalue weighted by Gasteiger charge is -2.39. The number of hydrogen-bond donors (Lipinski definition) is 1. The zero-order chi connectivity index (χ0) is 32.3. The van der Waals surface area contributed by atoms with E-state index in [1.807, 2.05) is 58.4 Å². The molecule has 0 fully saturated rings. The first-order valence-electron chi connectivity index (χ1n) is 14.8. The Morgan fingerprint density at radius 2 is 1.64 bits per heavy atom. The summed E-state index contributed by atoms with van der Waals surface area (Å²) >= 11 is 0. The molecule has 0 radical (unpaired) electrons. The molecule has 0 saturated carbocycles. The Labute approximate surface area is 263 Å². The highest BCUT2D eigenvalue weighted by atomic mass is 32.2. The number of nitrogens with zero attached hydrogens (tertiary/aromatic N) is 2. The molecule has 1 atom stereocenters. The SMILES string of the molecule is CNc1ccc(-c2ccc3cc(N(C)C)ccc3n2)cc1OCC(COS(=O)(=O)c1ccc(C)cc1)O[Si](C)(C)C(C)(C)C. The Hall–Kier alpha value is -3.44. The minimum atomic E-state index is -3.97. The van der Waals surface area contributed by atoms with Crippen LogP contribution in [0.1, 0.15) is 26.3 Å². The van der Waals surface area contributed by atoms with Gasteiger partial charge in [0.15, 0.2) is 8.32 Å². The van der Waals surface area contributed by atoms with E-state index >= 15 is 0 Å². The maximum atomic E-state index is 13.0. The number of anilines is 2. The van der Waals surface area contributed by atoms with Gasteiger partial charge < -0.3 is 19.4 Å². The van der Waals surface area contributed by atoms with Gasteiger partial charge in [-0.3, -0.25) is 4.18 Å². The van der Waals surface area contributed by atoms with Crippen LogP contribution in [-0.2, 0) is 18.7 Å². The summed E-state index contributed by atoms with van der Waals surface area (Å²) in [5.41, 5.74) is 5.51. The predicted octanol–water partition coefficient (Wildman–Crippen LogP) is 7.49. The summed E-state index contributed by atoms with van der Waals surface area (Å²) in [7, 11) is -0.396. The highest BCUT2D eigenvalue weighted by Gasteiger charge is 2.40. The van der Waals surface area contributed by atoms with Crippen molar-refractivity contribution in [3.8, 4) is 17.0 Å². The van der Waals surface area contributed by atoms with E-state index < -0.39 is 24.5 Å². The smallest absolute Gasteiger partial charge is 0.297 e. The second kappa shape index (κ2) is 13.3. The summed E-state index contributed by atoms with van der Waals surface area (Å²) in [6.45, 7) is 12.5. The van der Waals surface area contributed by atoms with Gasteiger partial charge in [-0.2, -0.15) is 8.42 Å². The largest absolute Gasteiger partial charge is 0.489 e. The molecule has 8 nitrogen and oxygen atoms in total. The third-order valence-electron chi connectivity index (χ3n) is 8.15. The molecular formula is C34H45N3O5SSi. The lowest BCUT2D eigenvalue weighted by atomic mass is 10.1. The lowest BCUT2D eigenvalue weighted by molar-refractivity contribution is 0.0729. The molecule has 1 N–H and O–H groups in total. The Balaban J connectivity index is 1.58. The number of benzene rings is 3. The van der Waals surface area contributed by atoms with E-state index in [4.69, 9.17) is 18.3 Å². The minimum absolute atomic E-state index is 0.0911. The maximum absolute atomic E-state index is 13.0. The van der Waals surface area contributed by atoms with Gasteiger partial charge in [0.2, 0.25) is 0 Å². The van der Waals surface area contributed by atoms with Crippen molar-refractivity contribution in [3.63, 3.8) is 0 Å². The van der Waals surface area contributed by atoms with Crippen LogP contribution in [0.15, 0.2) is 77.7 Å². The molecule has 1 unspecified atom stereocenters. The second-order valence-corrected chi connectivity index (χ2v) is 19.2. The highest BCUT2D eigenvalue weighted by Crippen LogP contribution is 2.38. The molecule has 1 heterocycles. The Bertz CT molecular complexity index is 1700. The first-order chi connectivity index (χ1) is 20.6. The summed E-state index contributed by atoms with van der Waals surface area (Å²) in [6.07, 6.45) is -0.617. The van der Waals surface area contributed by atoms with E-state index in [-0.39, 0.29) is 23.1 Å². The normalized spacial score (nSPS) is 13.1. The Morgan fingerprint density at radius 3 is 2.27 bits per heavy atom. The van der Waals surface area contributed by atoms with Gasteiger partial charge in [-0.25, -0.2) is 4.98 Å². The fraction of sp³-hybridized carbons (Fsp3) is 0.382. The first kappa shape index (κ1) is 33.4. The van der Waals surface area contributed by atoms with Crippen LogP contribution in [-0.4, -0.2) is 62.2 Å². The fourth-order valence-corrected chi connectivity index (χ4v) is 6.65. The Kier molecular flexibility index (Phi) is 10.1. The molecule has 1 aromatic heterocycles. The number of fused-ring (bicyclic) bond motifs is 1. The van der Waals surface area contributed by atoms with E-state index in [1.165, 1.54) is 0 Å². The zero-order valence-corrected chi connectivity index (χ0v) is 29.1. The van der Waals surface area contributed by atoms with Crippen LogP contribution >= 0.6 is 0 Å². The van der Waals surface area contributed by atoms with Crippen molar-refractivity contribution in [2.45, 2.75) is 56.8 Å². The molecular weight excluding hydrogens is 591 g/mol. The van der Waals surface area contributed by atoms with E-state index in [1.54, 1.807) is 24.3 Å². The monoisotopic (exact) mass is 635 g/mol. The fourth-order valence-electron chi connectivity index (χ4n) is 4.39. The highest BCUT2D eigenvalue weighted by molar-refractivity contribution is 7.86. The van der Waals surface area contributed by atoms with Crippen molar-refractivity contribution in [1.82, 2.24) is 4.98 Å². The van der Waals surface area contributed by atoms with Crippen LogP contribution in [0.3, 0.4) is 0 Å². The molecule has 0 aliphatic rings. The maximum Gasteiger partial charge on any atom is 0.297 e. The standard InChI is InChI=1S/C34H45N3O5SSi/c1-24-10-15-29(16-11-24)43(38,39)41-23-28(42-44(8,9)34(2,3)4)22-40-33-21-26(13-18-32(33)35-5)30-17-12-25-20-27(37(6)7)14-19-31(25)36-30/h10-21,28,35H,22-23H2,1-9H3. The first-order valence-corrected chi connectivity index (χ1v) is 19.1. The van der Waals surface area contributed by atoms with Gasteiger partial charge in [0.05, 0.1) is 28.4 Å². The van der Waals surface area contributed by atoms with Crippen molar-refractivity contribution in [2.24, 2.45) is 0 Å². The molecule has 0 aliphatic carbocycles. The van der Waals surface area contributed by atoms with Gasteiger partial charge in [-0.05, 0) is 73.6 Å². The van der Waals surface area contributed by atoms with Gasteiger partial charge in [0.25, 0.3) is 10.1 Å². The van der Waals surface area contributed by atoms with Crippen LogP contribution in [0.2, 0.25) is 18.1 Å². The van der Waals surface area contributed by atoms with Gasteiger partial charge in [0.1, 0.15) is 18.5 Å². The molecule has 44 heavy (non-hydrogen) atoms. The molecule has 4 aromatic rings. The van der Waals surface area contributed by atoms with Crippen molar-refractivity contribution < 1.29 is 21.8 Å². The molecule has 4 rings (SSSR count). The van der Waals surface area contributed by atoms with Crippen LogP contribution in [0.25, 0.3) is 22.2 Å². The topological polar surface area (TPSA) is 90.0 Å². The summed E-state index contributed by atoms with van der Waals surface area (Å²) < 4.78 is 44.5. The zero-order valence-electron chi connectivity index (χ0n) is 27.3. The molecule has 3 aromatic carbocycles. The number of aromatic nitrogens is 1. The van der Waals surface area contributed by atoms with Crippen molar-refractivity contribution in [1.29, 1.82) is 0 Å². The van der Waals surface area contributed by atoms with Crippen molar-refractivity contribution in [2.75, 3.05) is 44.6 Å². The Morgan fingerprint density at radius 1 is 0.932 bits per heavy atom. The number of aryl methyl sites for hydroxylation is 1. The van der Waals surface area contributed by atoms with Gasteiger partial charge >= 0.3 is 0 Å². The summed E-state index contributed by atoms with van der Waals surface area (Å²) in [5, 5.41) is 4.16. The average Bonchev–Trinajstić information content (AvgIpc) is 2.97. The quantitative estimate of drug-likeness (QED) is 0.127. The number of ether oxygens (including phenoxy) is 1. The van der Waals surface area contributed by atoms with Crippen LogP contribution in [0, 0.1) is 6.92 Å². The number of nitrogens with one attached hydrogen (secondary N) is 1. The van der Waals surface area contributed by atoms with Crippen molar-refractivity contribution in [3.05, 3.63) is 78.4 Å². The molecule has 236 valence electrons. The average molecular weight is 636 g/mol. The van der Waals surface area contributed by atoms with E-state index in [9.17, 15) is 8.42 Å². The molecule has 0 amide bonds. The van der Waals surface area contributed by atoms with Crippen LogP contribution < -0.4 is 15.0 Å². The third-order valence-corrected chi connectivity index (χ3v) is 14.0. The molecule has 0 saturated heterocycles. The van der Waals surface area contributed by atoms with Gasteiger partial charge in [-0.1, -0.05) is 50.6 Å². The lowest BCUT2D eigenvalue weighted by Crippen LogP contribution is -2.47. The van der Waals surface area contributed by atoms with E-state index in [2.05, 4.69) is 62.3 Å². The van der Waals surface area contributed by atoms with Crippen molar-refractivity contribution >= 4 is 40.7 Å². The van der Waals surface area contributed by atoms with E-state index in [0.29, 0.717) is 5.75 Å². The second-order valence-electron chi connectivity index (χ2n) is 12.8. The van der Waals surface area contributed by atoms with Crippen LogP contribution in [0.4, 0.5) is 11.4 Å². The van der Waals surface area contributed by atoms with Gasteiger partial charge in [0, 0.05) is 37.8 Å². The molecule has 10 heteroatoms.